The molecule has 1 saturated carbocycles. The van der Waals surface area contributed by atoms with Gasteiger partial charge in [0.25, 0.3) is 0 Å². The number of hydrogen-bond donors (Lipinski definition) is 1. The molecule has 0 atom stereocenters. The van der Waals surface area contributed by atoms with Gasteiger partial charge in [0.1, 0.15) is 0 Å². The Labute approximate surface area is 111 Å². The van der Waals surface area contributed by atoms with Crippen LogP contribution in [-0.2, 0) is 6.54 Å². The average molecular weight is 247 g/mol. The number of pyridine rings is 1. The van der Waals surface area contributed by atoms with E-state index in [1.54, 1.807) is 0 Å². The maximum Gasteiger partial charge on any atom is 0.0271 e. The van der Waals surface area contributed by atoms with Gasteiger partial charge in [-0.2, -0.15) is 0 Å². The van der Waals surface area contributed by atoms with E-state index < -0.39 is 0 Å². The van der Waals surface area contributed by atoms with Crippen LogP contribution in [0.25, 0.3) is 0 Å². The van der Waals surface area contributed by atoms with E-state index in [-0.39, 0.29) is 0 Å². The maximum absolute atomic E-state index is 4.04. The minimum absolute atomic E-state index is 0.801. The van der Waals surface area contributed by atoms with Gasteiger partial charge in [-0.3, -0.25) is 4.98 Å². The van der Waals surface area contributed by atoms with Crippen molar-refractivity contribution in [2.75, 3.05) is 20.1 Å². The zero-order valence-electron chi connectivity index (χ0n) is 11.4. The fraction of sp³-hybridized carbons (Fsp3) is 0.667. The van der Waals surface area contributed by atoms with Crippen LogP contribution in [0.1, 0.15) is 37.7 Å². The molecule has 1 heterocycles. The van der Waals surface area contributed by atoms with E-state index in [4.69, 9.17) is 0 Å². The molecule has 1 aliphatic carbocycles. The Balaban J connectivity index is 1.55. The second kappa shape index (κ2) is 7.49. The molecule has 0 spiro atoms. The molecule has 0 aliphatic heterocycles. The Bertz CT molecular complexity index is 320. The van der Waals surface area contributed by atoms with Gasteiger partial charge in [0.2, 0.25) is 0 Å². The number of nitrogens with one attached hydrogen (secondary N) is 1. The number of hydrogen-bond acceptors (Lipinski definition) is 3. The van der Waals surface area contributed by atoms with Crippen LogP contribution in [0.5, 0.6) is 0 Å². The summed E-state index contributed by atoms with van der Waals surface area (Å²) in [5, 5.41) is 3.66. The first-order chi connectivity index (χ1) is 8.84. The minimum atomic E-state index is 0.801. The summed E-state index contributed by atoms with van der Waals surface area (Å²) < 4.78 is 0. The van der Waals surface area contributed by atoms with Gasteiger partial charge >= 0.3 is 0 Å². The van der Waals surface area contributed by atoms with Gasteiger partial charge in [0.05, 0.1) is 0 Å². The normalized spacial score (nSPS) is 16.6. The Morgan fingerprint density at radius 3 is 2.72 bits per heavy atom. The monoisotopic (exact) mass is 247 g/mol. The molecule has 1 aromatic rings. The zero-order chi connectivity index (χ0) is 12.6. The van der Waals surface area contributed by atoms with Gasteiger partial charge in [0.15, 0.2) is 0 Å². The molecule has 1 aromatic heterocycles. The van der Waals surface area contributed by atoms with Crippen LogP contribution in [0, 0.1) is 0 Å². The lowest BCUT2D eigenvalue weighted by Gasteiger charge is -2.18. The summed E-state index contributed by atoms with van der Waals surface area (Å²) in [4.78, 5) is 6.42. The second-order valence-corrected chi connectivity index (χ2v) is 5.38. The molecule has 100 valence electrons. The molecule has 0 saturated heterocycles. The van der Waals surface area contributed by atoms with Crippen molar-refractivity contribution >= 4 is 0 Å². The molecular weight excluding hydrogens is 222 g/mol. The SMILES string of the molecule is CN(CCCNC1CCCC1)Cc1ccncc1. The quantitative estimate of drug-likeness (QED) is 0.750. The van der Waals surface area contributed by atoms with E-state index in [9.17, 15) is 0 Å². The number of nitrogens with zero attached hydrogens (tertiary/aromatic N) is 2. The van der Waals surface area contributed by atoms with E-state index in [0.717, 1.165) is 25.7 Å². The molecule has 3 nitrogen and oxygen atoms in total. The van der Waals surface area contributed by atoms with Crippen LogP contribution in [-0.4, -0.2) is 36.1 Å². The number of aromatic nitrogens is 1. The zero-order valence-corrected chi connectivity index (χ0v) is 11.4. The van der Waals surface area contributed by atoms with Crippen molar-refractivity contribution in [3.63, 3.8) is 0 Å². The van der Waals surface area contributed by atoms with Gasteiger partial charge in [-0.15, -0.1) is 0 Å². The molecular formula is C15H25N3. The van der Waals surface area contributed by atoms with E-state index in [2.05, 4.69) is 34.4 Å². The fourth-order valence-electron chi connectivity index (χ4n) is 2.66. The summed E-state index contributed by atoms with van der Waals surface area (Å²) >= 11 is 0. The summed E-state index contributed by atoms with van der Waals surface area (Å²) in [5.41, 5.74) is 1.34. The average Bonchev–Trinajstić information content (AvgIpc) is 2.89. The summed E-state index contributed by atoms with van der Waals surface area (Å²) in [5.74, 6) is 0. The van der Waals surface area contributed by atoms with Crippen molar-refractivity contribution in [3.05, 3.63) is 30.1 Å². The first-order valence-corrected chi connectivity index (χ1v) is 7.15. The topological polar surface area (TPSA) is 28.2 Å². The van der Waals surface area contributed by atoms with E-state index in [1.165, 1.54) is 37.7 Å². The number of rotatable bonds is 7. The van der Waals surface area contributed by atoms with E-state index in [1.807, 2.05) is 12.4 Å². The molecule has 0 bridgehead atoms. The predicted octanol–water partition coefficient (Wildman–Crippen LogP) is 2.44. The smallest absolute Gasteiger partial charge is 0.0271 e. The highest BCUT2D eigenvalue weighted by atomic mass is 15.1. The van der Waals surface area contributed by atoms with Crippen molar-refractivity contribution in [2.24, 2.45) is 0 Å². The van der Waals surface area contributed by atoms with Gasteiger partial charge < -0.3 is 10.2 Å². The molecule has 2 rings (SSSR count). The Morgan fingerprint density at radius 2 is 2.00 bits per heavy atom. The molecule has 0 amide bonds. The predicted molar refractivity (Wildman–Crippen MR) is 75.4 cm³/mol. The third kappa shape index (κ3) is 4.75. The Morgan fingerprint density at radius 1 is 1.28 bits per heavy atom. The lowest BCUT2D eigenvalue weighted by atomic mass is 10.2. The van der Waals surface area contributed by atoms with Gasteiger partial charge in [-0.25, -0.2) is 0 Å². The molecule has 0 aromatic carbocycles. The molecule has 3 heteroatoms. The minimum Gasteiger partial charge on any atom is -0.314 e. The van der Waals surface area contributed by atoms with Crippen molar-refractivity contribution in [3.8, 4) is 0 Å². The van der Waals surface area contributed by atoms with E-state index >= 15 is 0 Å². The highest BCUT2D eigenvalue weighted by Gasteiger charge is 2.13. The largest absolute Gasteiger partial charge is 0.314 e. The molecule has 0 radical (unpaired) electrons. The van der Waals surface area contributed by atoms with Crippen molar-refractivity contribution < 1.29 is 0 Å². The second-order valence-electron chi connectivity index (χ2n) is 5.38. The van der Waals surface area contributed by atoms with E-state index in [0.29, 0.717) is 0 Å². The lowest BCUT2D eigenvalue weighted by molar-refractivity contribution is 0.316. The standard InChI is InChI=1S/C15H25N3/c1-18(13-14-7-10-16-11-8-14)12-4-9-17-15-5-2-3-6-15/h7-8,10-11,15,17H,2-6,9,12-13H2,1H3. The van der Waals surface area contributed by atoms with Crippen LogP contribution < -0.4 is 5.32 Å². The molecule has 0 unspecified atom stereocenters. The third-order valence-electron chi connectivity index (χ3n) is 3.71. The van der Waals surface area contributed by atoms with Crippen LogP contribution in [0.4, 0.5) is 0 Å². The highest BCUT2D eigenvalue weighted by Crippen LogP contribution is 2.17. The van der Waals surface area contributed by atoms with Crippen LogP contribution in [0.3, 0.4) is 0 Å². The van der Waals surface area contributed by atoms with Gasteiger partial charge in [-0.05, 0) is 57.1 Å². The molecule has 1 N–H and O–H groups in total. The Hall–Kier alpha value is -0.930. The lowest BCUT2D eigenvalue weighted by Crippen LogP contribution is -2.29. The summed E-state index contributed by atoms with van der Waals surface area (Å²) in [6, 6.07) is 4.98. The molecule has 1 fully saturated rings. The van der Waals surface area contributed by atoms with Gasteiger partial charge in [0, 0.05) is 25.0 Å². The van der Waals surface area contributed by atoms with Crippen LogP contribution in [0.15, 0.2) is 24.5 Å². The van der Waals surface area contributed by atoms with Crippen molar-refractivity contribution in [1.82, 2.24) is 15.2 Å². The van der Waals surface area contributed by atoms with Crippen LogP contribution in [0.2, 0.25) is 0 Å². The fourth-order valence-corrected chi connectivity index (χ4v) is 2.66. The molecule has 18 heavy (non-hydrogen) atoms. The maximum atomic E-state index is 4.04. The van der Waals surface area contributed by atoms with Gasteiger partial charge in [-0.1, -0.05) is 12.8 Å². The highest BCUT2D eigenvalue weighted by molar-refractivity contribution is 5.09. The summed E-state index contributed by atoms with van der Waals surface area (Å²) in [7, 11) is 2.19. The third-order valence-corrected chi connectivity index (χ3v) is 3.71. The van der Waals surface area contributed by atoms with Crippen LogP contribution >= 0.6 is 0 Å². The van der Waals surface area contributed by atoms with Crippen molar-refractivity contribution in [1.29, 1.82) is 0 Å². The molecule has 1 aliphatic rings. The first-order valence-electron chi connectivity index (χ1n) is 7.15. The summed E-state index contributed by atoms with van der Waals surface area (Å²) in [6.07, 6.45) is 10.6. The first kappa shape index (κ1) is 13.5. The summed E-state index contributed by atoms with van der Waals surface area (Å²) in [6.45, 7) is 3.33. The Kier molecular flexibility index (Phi) is 5.62. The van der Waals surface area contributed by atoms with Crippen molar-refractivity contribution in [2.45, 2.75) is 44.7 Å².